The zero-order valence-electron chi connectivity index (χ0n) is 18.1. The zero-order valence-corrected chi connectivity index (χ0v) is 18.9. The van der Waals surface area contributed by atoms with Crippen molar-refractivity contribution >= 4 is 23.7 Å². The molecule has 1 fully saturated rings. The molecule has 1 aliphatic heterocycles. The second-order valence-corrected chi connectivity index (χ2v) is 8.61. The molecule has 1 aromatic heterocycles. The van der Waals surface area contributed by atoms with Crippen LogP contribution in [0.5, 0.6) is 0 Å². The van der Waals surface area contributed by atoms with E-state index in [1.807, 2.05) is 66.4 Å². The van der Waals surface area contributed by atoms with Crippen LogP contribution in [0.2, 0.25) is 0 Å². The molecule has 2 heterocycles. The number of hydrogen-bond acceptors (Lipinski definition) is 7. The van der Waals surface area contributed by atoms with E-state index in [9.17, 15) is 9.59 Å². The predicted octanol–water partition coefficient (Wildman–Crippen LogP) is 3.66. The number of carbonyl (C=O) groups is 2. The number of carbonyl (C=O) groups excluding carboxylic acids is 2. The number of rotatable bonds is 6. The molecule has 1 aliphatic rings. The van der Waals surface area contributed by atoms with Crippen LogP contribution >= 0.6 is 11.8 Å². The van der Waals surface area contributed by atoms with Gasteiger partial charge in [-0.25, -0.2) is 14.3 Å². The van der Waals surface area contributed by atoms with E-state index in [0.717, 1.165) is 36.7 Å². The summed E-state index contributed by atoms with van der Waals surface area (Å²) in [6.07, 6.45) is 0. The predicted molar refractivity (Wildman–Crippen MR) is 124 cm³/mol. The summed E-state index contributed by atoms with van der Waals surface area (Å²) in [6, 6.07) is 17.1. The third-order valence-corrected chi connectivity index (χ3v) is 6.33. The van der Waals surface area contributed by atoms with Gasteiger partial charge in [-0.1, -0.05) is 42.5 Å². The van der Waals surface area contributed by atoms with Crippen molar-refractivity contribution in [2.45, 2.75) is 6.54 Å². The monoisotopic (exact) mass is 451 g/mol. The Hall–Kier alpha value is -3.10. The van der Waals surface area contributed by atoms with E-state index in [-0.39, 0.29) is 11.3 Å². The van der Waals surface area contributed by atoms with Crippen molar-refractivity contribution in [3.8, 4) is 16.9 Å². The molecule has 0 bridgehead atoms. The lowest BCUT2D eigenvalue weighted by Crippen LogP contribution is -2.31. The van der Waals surface area contributed by atoms with E-state index in [4.69, 9.17) is 9.47 Å². The molecule has 0 atom stereocenters. The van der Waals surface area contributed by atoms with Crippen molar-refractivity contribution < 1.29 is 19.1 Å². The number of methoxy groups -OCH3 is 2. The second-order valence-electron chi connectivity index (χ2n) is 7.39. The molecule has 166 valence electrons. The number of nitrogens with zero attached hydrogens (tertiary/aromatic N) is 3. The number of hydrogen-bond donors (Lipinski definition) is 0. The first-order valence-corrected chi connectivity index (χ1v) is 11.5. The van der Waals surface area contributed by atoms with E-state index in [1.165, 1.54) is 24.5 Å². The van der Waals surface area contributed by atoms with Gasteiger partial charge in [0.2, 0.25) is 0 Å². The third kappa shape index (κ3) is 4.56. The Morgan fingerprint density at radius 2 is 1.59 bits per heavy atom. The lowest BCUT2D eigenvalue weighted by Gasteiger charge is -2.26. The van der Waals surface area contributed by atoms with Crippen molar-refractivity contribution in [3.05, 3.63) is 71.4 Å². The number of ether oxygens (including phenoxy) is 2. The molecular weight excluding hydrogens is 426 g/mol. The summed E-state index contributed by atoms with van der Waals surface area (Å²) in [5.74, 6) is 1.02. The van der Waals surface area contributed by atoms with Gasteiger partial charge in [0.25, 0.3) is 0 Å². The van der Waals surface area contributed by atoms with E-state index in [1.54, 1.807) is 0 Å². The molecule has 2 aromatic carbocycles. The molecule has 8 heteroatoms. The molecule has 1 saturated heterocycles. The summed E-state index contributed by atoms with van der Waals surface area (Å²) in [6.45, 7) is 3.06. The summed E-state index contributed by atoms with van der Waals surface area (Å²) in [7, 11) is 2.56. The number of esters is 2. The lowest BCUT2D eigenvalue weighted by atomic mass is 10.0. The van der Waals surface area contributed by atoms with Gasteiger partial charge in [0, 0.05) is 36.7 Å². The quantitative estimate of drug-likeness (QED) is 0.530. The van der Waals surface area contributed by atoms with Gasteiger partial charge in [-0.2, -0.15) is 16.9 Å². The minimum atomic E-state index is -0.660. The Morgan fingerprint density at radius 1 is 0.938 bits per heavy atom. The van der Waals surface area contributed by atoms with Crippen LogP contribution in [0.4, 0.5) is 0 Å². The molecule has 4 rings (SSSR count). The number of aromatic nitrogens is 2. The summed E-state index contributed by atoms with van der Waals surface area (Å²) >= 11 is 1.99. The van der Waals surface area contributed by atoms with Crippen LogP contribution < -0.4 is 0 Å². The van der Waals surface area contributed by atoms with Crippen molar-refractivity contribution in [2.75, 3.05) is 38.8 Å². The number of thioether (sulfide) groups is 1. The van der Waals surface area contributed by atoms with Gasteiger partial charge < -0.3 is 9.47 Å². The van der Waals surface area contributed by atoms with Crippen LogP contribution in [-0.4, -0.2) is 65.4 Å². The molecule has 0 aliphatic carbocycles. The van der Waals surface area contributed by atoms with Gasteiger partial charge >= 0.3 is 11.9 Å². The number of para-hydroxylation sites is 1. The Morgan fingerprint density at radius 3 is 2.22 bits per heavy atom. The van der Waals surface area contributed by atoms with Crippen LogP contribution in [0.1, 0.15) is 26.4 Å². The molecule has 0 radical (unpaired) electrons. The molecule has 0 N–H and O–H groups in total. The van der Waals surface area contributed by atoms with E-state index in [2.05, 4.69) is 10.00 Å². The maximum absolute atomic E-state index is 12.7. The van der Waals surface area contributed by atoms with Crippen LogP contribution in [-0.2, 0) is 16.0 Å². The highest BCUT2D eigenvalue weighted by molar-refractivity contribution is 7.99. The first kappa shape index (κ1) is 22.1. The fraction of sp³-hybridized carbons (Fsp3) is 0.292. The molecule has 0 saturated carbocycles. The van der Waals surface area contributed by atoms with Gasteiger partial charge in [-0.3, -0.25) is 4.90 Å². The van der Waals surface area contributed by atoms with Gasteiger partial charge in [0.1, 0.15) is 11.3 Å². The van der Waals surface area contributed by atoms with E-state index >= 15 is 0 Å². The Labute approximate surface area is 191 Å². The van der Waals surface area contributed by atoms with Gasteiger partial charge in [-0.15, -0.1) is 0 Å². The van der Waals surface area contributed by atoms with Crippen molar-refractivity contribution in [3.63, 3.8) is 0 Å². The molecule has 32 heavy (non-hydrogen) atoms. The van der Waals surface area contributed by atoms with Gasteiger partial charge in [-0.05, 0) is 17.7 Å². The smallest absolute Gasteiger partial charge is 0.357 e. The average molecular weight is 452 g/mol. The summed E-state index contributed by atoms with van der Waals surface area (Å²) < 4.78 is 11.4. The average Bonchev–Trinajstić information content (AvgIpc) is 3.25. The third-order valence-electron chi connectivity index (χ3n) is 5.39. The fourth-order valence-electron chi connectivity index (χ4n) is 3.74. The van der Waals surface area contributed by atoms with Crippen molar-refractivity contribution in [2.24, 2.45) is 0 Å². The maximum Gasteiger partial charge on any atom is 0.357 e. The summed E-state index contributed by atoms with van der Waals surface area (Å²) in [5.41, 5.74) is 3.06. The molecule has 0 spiro atoms. The minimum Gasteiger partial charge on any atom is -0.465 e. The van der Waals surface area contributed by atoms with Gasteiger partial charge in [0.05, 0.1) is 19.9 Å². The van der Waals surface area contributed by atoms with Crippen LogP contribution in [0.3, 0.4) is 0 Å². The fourth-order valence-corrected chi connectivity index (χ4v) is 4.72. The molecular formula is C24H25N3O4S. The molecule has 3 aromatic rings. The van der Waals surface area contributed by atoms with Crippen LogP contribution in [0.25, 0.3) is 16.9 Å². The summed E-state index contributed by atoms with van der Waals surface area (Å²) in [5, 5.41) is 4.64. The van der Waals surface area contributed by atoms with Crippen LogP contribution in [0.15, 0.2) is 54.6 Å². The minimum absolute atomic E-state index is 0.0374. The second kappa shape index (κ2) is 10.0. The number of benzene rings is 2. The Kier molecular flexibility index (Phi) is 6.92. The molecule has 7 nitrogen and oxygen atoms in total. The van der Waals surface area contributed by atoms with Gasteiger partial charge in [0.15, 0.2) is 5.69 Å². The normalized spacial score (nSPS) is 14.2. The SMILES string of the molecule is COC(=O)c1c(-c2ccc(CN3CCSCC3)cc2)nn(-c2ccccc2)c1C(=O)OC. The zero-order chi connectivity index (χ0) is 22.5. The Bertz CT molecular complexity index is 1090. The topological polar surface area (TPSA) is 73.7 Å². The first-order chi connectivity index (χ1) is 15.6. The summed E-state index contributed by atoms with van der Waals surface area (Å²) in [4.78, 5) is 27.8. The lowest BCUT2D eigenvalue weighted by molar-refractivity contribution is 0.0549. The van der Waals surface area contributed by atoms with Crippen LogP contribution in [0, 0.1) is 0 Å². The van der Waals surface area contributed by atoms with E-state index in [0.29, 0.717) is 11.4 Å². The van der Waals surface area contributed by atoms with Crippen molar-refractivity contribution in [1.29, 1.82) is 0 Å². The first-order valence-electron chi connectivity index (χ1n) is 10.4. The molecule has 0 amide bonds. The highest BCUT2D eigenvalue weighted by atomic mass is 32.2. The van der Waals surface area contributed by atoms with E-state index < -0.39 is 11.9 Å². The standard InChI is InChI=1S/C24H25N3O4S/c1-30-23(28)20-21(18-10-8-17(9-11-18)16-26-12-14-32-15-13-26)25-27(22(20)24(29)31-2)19-6-4-3-5-7-19/h3-11H,12-16H2,1-2H3. The molecule has 0 unspecified atom stereocenters. The van der Waals surface area contributed by atoms with Crippen molar-refractivity contribution in [1.82, 2.24) is 14.7 Å². The highest BCUT2D eigenvalue weighted by Crippen LogP contribution is 2.29. The highest BCUT2D eigenvalue weighted by Gasteiger charge is 2.31. The largest absolute Gasteiger partial charge is 0.465 e. The Balaban J connectivity index is 1.76. The maximum atomic E-state index is 12.7.